The van der Waals surface area contributed by atoms with Crippen LogP contribution in [0.5, 0.6) is 5.75 Å². The van der Waals surface area contributed by atoms with Crippen LogP contribution >= 0.6 is 0 Å². The van der Waals surface area contributed by atoms with E-state index in [2.05, 4.69) is 58.1 Å². The first-order valence-corrected chi connectivity index (χ1v) is 7.42. The van der Waals surface area contributed by atoms with Gasteiger partial charge in [-0.2, -0.15) is 0 Å². The predicted octanol–water partition coefficient (Wildman–Crippen LogP) is 4.18. The van der Waals surface area contributed by atoms with Crippen molar-refractivity contribution in [2.45, 2.75) is 65.5 Å². The van der Waals surface area contributed by atoms with Crippen LogP contribution in [0.15, 0.2) is 24.3 Å². The molecule has 0 saturated carbocycles. The Kier molecular flexibility index (Phi) is 6.36. The summed E-state index contributed by atoms with van der Waals surface area (Å²) in [7, 11) is 0. The van der Waals surface area contributed by atoms with Crippen molar-refractivity contribution >= 4 is 0 Å². The maximum absolute atomic E-state index is 6.04. The van der Waals surface area contributed by atoms with Crippen molar-refractivity contribution in [2.75, 3.05) is 6.54 Å². The number of ether oxygens (including phenoxy) is 1. The minimum absolute atomic E-state index is 0.207. The number of nitrogens with one attached hydrogen (secondary N) is 1. The van der Waals surface area contributed by atoms with Crippen LogP contribution in [-0.2, 0) is 6.42 Å². The zero-order valence-electron chi connectivity index (χ0n) is 13.1. The normalized spacial score (nSPS) is 13.3. The molecule has 19 heavy (non-hydrogen) atoms. The van der Waals surface area contributed by atoms with E-state index in [1.165, 1.54) is 5.56 Å². The van der Waals surface area contributed by atoms with Crippen LogP contribution in [0.2, 0.25) is 0 Å². The van der Waals surface area contributed by atoms with E-state index >= 15 is 0 Å². The molecule has 0 radical (unpaired) electrons. The van der Waals surface area contributed by atoms with E-state index in [9.17, 15) is 0 Å². The molecule has 0 aromatic heterocycles. The zero-order chi connectivity index (χ0) is 14.3. The van der Waals surface area contributed by atoms with Crippen LogP contribution < -0.4 is 10.1 Å². The Labute approximate surface area is 118 Å². The molecule has 1 rings (SSSR count). The highest BCUT2D eigenvalue weighted by molar-refractivity contribution is 5.33. The molecule has 2 heteroatoms. The molecule has 1 unspecified atom stereocenters. The van der Waals surface area contributed by atoms with Crippen LogP contribution in [0, 0.1) is 0 Å². The van der Waals surface area contributed by atoms with Gasteiger partial charge in [0.05, 0.1) is 6.10 Å². The van der Waals surface area contributed by atoms with Crippen molar-refractivity contribution < 1.29 is 4.74 Å². The van der Waals surface area contributed by atoms with E-state index in [4.69, 9.17) is 4.74 Å². The van der Waals surface area contributed by atoms with E-state index in [0.717, 1.165) is 31.6 Å². The van der Waals surface area contributed by atoms with Crippen molar-refractivity contribution in [1.82, 2.24) is 5.32 Å². The number of hydrogen-bond donors (Lipinski definition) is 1. The molecule has 0 spiro atoms. The summed E-state index contributed by atoms with van der Waals surface area (Å²) in [5.74, 6) is 1.04. The fraction of sp³-hybridized carbons (Fsp3) is 0.647. The van der Waals surface area contributed by atoms with Crippen LogP contribution in [0.1, 0.15) is 53.0 Å². The number of para-hydroxylation sites is 1. The van der Waals surface area contributed by atoms with E-state index in [-0.39, 0.29) is 11.6 Å². The van der Waals surface area contributed by atoms with Gasteiger partial charge in [-0.15, -0.1) is 0 Å². The molecule has 0 aliphatic carbocycles. The first-order valence-electron chi connectivity index (χ1n) is 7.42. The van der Waals surface area contributed by atoms with E-state index < -0.39 is 0 Å². The standard InChI is InChI=1S/C17H29NO/c1-6-15-11-7-8-12-16(15)19-14(2)10-9-13-18-17(3,4)5/h7-8,11-12,14,18H,6,9-10,13H2,1-5H3. The average Bonchev–Trinajstić information content (AvgIpc) is 2.34. The molecule has 1 N–H and O–H groups in total. The van der Waals surface area contributed by atoms with Crippen LogP contribution in [0.25, 0.3) is 0 Å². The van der Waals surface area contributed by atoms with Crippen molar-refractivity contribution in [2.24, 2.45) is 0 Å². The van der Waals surface area contributed by atoms with Gasteiger partial charge >= 0.3 is 0 Å². The lowest BCUT2D eigenvalue weighted by Crippen LogP contribution is -2.36. The third-order valence-electron chi connectivity index (χ3n) is 3.12. The van der Waals surface area contributed by atoms with Gasteiger partial charge in [-0.1, -0.05) is 25.1 Å². The van der Waals surface area contributed by atoms with Crippen LogP contribution in [0.3, 0.4) is 0 Å². The van der Waals surface area contributed by atoms with Crippen molar-refractivity contribution in [1.29, 1.82) is 0 Å². The van der Waals surface area contributed by atoms with E-state index in [1.807, 2.05) is 6.07 Å². The first-order chi connectivity index (χ1) is 8.92. The molecule has 0 aliphatic heterocycles. The second-order valence-electron chi connectivity index (χ2n) is 6.21. The fourth-order valence-corrected chi connectivity index (χ4v) is 2.04. The van der Waals surface area contributed by atoms with Gasteiger partial charge in [0.1, 0.15) is 5.75 Å². The van der Waals surface area contributed by atoms with Crippen LogP contribution in [-0.4, -0.2) is 18.2 Å². The fourth-order valence-electron chi connectivity index (χ4n) is 2.04. The highest BCUT2D eigenvalue weighted by atomic mass is 16.5. The minimum Gasteiger partial charge on any atom is -0.490 e. The van der Waals surface area contributed by atoms with Gasteiger partial charge in [-0.25, -0.2) is 0 Å². The Balaban J connectivity index is 2.33. The monoisotopic (exact) mass is 263 g/mol. The Morgan fingerprint density at radius 2 is 1.89 bits per heavy atom. The number of hydrogen-bond acceptors (Lipinski definition) is 2. The Bertz CT molecular complexity index is 368. The predicted molar refractivity (Wildman–Crippen MR) is 82.9 cm³/mol. The lowest BCUT2D eigenvalue weighted by molar-refractivity contribution is 0.204. The summed E-state index contributed by atoms with van der Waals surface area (Å²) < 4.78 is 6.04. The van der Waals surface area contributed by atoms with Gasteiger partial charge in [0.2, 0.25) is 0 Å². The minimum atomic E-state index is 0.207. The van der Waals surface area contributed by atoms with E-state index in [1.54, 1.807) is 0 Å². The SMILES string of the molecule is CCc1ccccc1OC(C)CCCNC(C)(C)C. The Hall–Kier alpha value is -1.02. The van der Waals surface area contributed by atoms with E-state index in [0.29, 0.717) is 0 Å². The molecule has 0 amide bonds. The largest absolute Gasteiger partial charge is 0.490 e. The Morgan fingerprint density at radius 1 is 1.21 bits per heavy atom. The zero-order valence-corrected chi connectivity index (χ0v) is 13.1. The molecule has 0 heterocycles. The number of benzene rings is 1. The van der Waals surface area contributed by atoms with Crippen LogP contribution in [0.4, 0.5) is 0 Å². The topological polar surface area (TPSA) is 21.3 Å². The lowest BCUT2D eigenvalue weighted by atomic mass is 10.1. The molecule has 1 aromatic rings. The molecule has 2 nitrogen and oxygen atoms in total. The average molecular weight is 263 g/mol. The summed E-state index contributed by atoms with van der Waals surface area (Å²) >= 11 is 0. The molecule has 0 saturated heterocycles. The molecule has 1 aromatic carbocycles. The van der Waals surface area contributed by atoms with Crippen molar-refractivity contribution in [3.63, 3.8) is 0 Å². The lowest BCUT2D eigenvalue weighted by Gasteiger charge is -2.21. The maximum atomic E-state index is 6.04. The van der Waals surface area contributed by atoms with Crippen molar-refractivity contribution in [3.05, 3.63) is 29.8 Å². The molecule has 0 aliphatic rings. The second-order valence-corrected chi connectivity index (χ2v) is 6.21. The summed E-state index contributed by atoms with van der Waals surface area (Å²) in [6.07, 6.45) is 3.52. The third-order valence-corrected chi connectivity index (χ3v) is 3.12. The summed E-state index contributed by atoms with van der Waals surface area (Å²) in [6, 6.07) is 8.33. The number of rotatable bonds is 7. The van der Waals surface area contributed by atoms with Gasteiger partial charge in [-0.05, 0) is 65.1 Å². The van der Waals surface area contributed by atoms with Gasteiger partial charge in [0.25, 0.3) is 0 Å². The molecular weight excluding hydrogens is 234 g/mol. The third kappa shape index (κ3) is 6.63. The molecule has 1 atom stereocenters. The molecule has 0 bridgehead atoms. The van der Waals surface area contributed by atoms with Gasteiger partial charge < -0.3 is 10.1 Å². The quantitative estimate of drug-likeness (QED) is 0.745. The van der Waals surface area contributed by atoms with Crippen molar-refractivity contribution in [3.8, 4) is 5.75 Å². The number of aryl methyl sites for hydroxylation is 1. The highest BCUT2D eigenvalue weighted by Gasteiger charge is 2.10. The Morgan fingerprint density at radius 3 is 2.53 bits per heavy atom. The maximum Gasteiger partial charge on any atom is 0.122 e. The molecule has 108 valence electrons. The second kappa shape index (κ2) is 7.54. The summed E-state index contributed by atoms with van der Waals surface area (Å²) in [6.45, 7) is 12.0. The summed E-state index contributed by atoms with van der Waals surface area (Å²) in [5.41, 5.74) is 1.50. The first kappa shape index (κ1) is 16.0. The van der Waals surface area contributed by atoms with Gasteiger partial charge in [0.15, 0.2) is 0 Å². The smallest absolute Gasteiger partial charge is 0.122 e. The highest BCUT2D eigenvalue weighted by Crippen LogP contribution is 2.20. The van der Waals surface area contributed by atoms with Gasteiger partial charge in [0, 0.05) is 5.54 Å². The summed E-state index contributed by atoms with van der Waals surface area (Å²) in [4.78, 5) is 0. The molecule has 0 fully saturated rings. The molecular formula is C17H29NO. The van der Waals surface area contributed by atoms with Gasteiger partial charge in [-0.3, -0.25) is 0 Å². The summed E-state index contributed by atoms with van der Waals surface area (Å²) in [5, 5.41) is 3.51.